The van der Waals surface area contributed by atoms with Crippen LogP contribution in [0.3, 0.4) is 0 Å². The highest BCUT2D eigenvalue weighted by Crippen LogP contribution is 2.27. The maximum absolute atomic E-state index is 12.3. The highest BCUT2D eigenvalue weighted by atomic mass is 35.5. The summed E-state index contributed by atoms with van der Waals surface area (Å²) in [5.74, 6) is 0.540. The molecule has 0 saturated carbocycles. The average Bonchev–Trinajstić information content (AvgIpc) is 2.30. The zero-order chi connectivity index (χ0) is 10.7. The molecule has 1 aliphatic rings. The molecule has 0 radical (unpaired) electrons. The second-order valence-corrected chi connectivity index (χ2v) is 3.99. The summed E-state index contributed by atoms with van der Waals surface area (Å²) >= 11 is 0. The molecule has 0 aromatic heterocycles. The Kier molecular flexibility index (Phi) is 5.16. The molecule has 1 saturated heterocycles. The van der Waals surface area contributed by atoms with Gasteiger partial charge in [-0.2, -0.15) is 0 Å². The highest BCUT2D eigenvalue weighted by molar-refractivity contribution is 5.85. The number of hydrogen-bond donors (Lipinski definition) is 1. The van der Waals surface area contributed by atoms with Gasteiger partial charge in [-0.25, -0.2) is 8.78 Å². The average molecular weight is 248 g/mol. The van der Waals surface area contributed by atoms with Crippen LogP contribution in [0.15, 0.2) is 24.3 Å². The van der Waals surface area contributed by atoms with Gasteiger partial charge in [0.05, 0.1) is 0 Å². The van der Waals surface area contributed by atoms with Crippen molar-refractivity contribution in [2.24, 2.45) is 0 Å². The van der Waals surface area contributed by atoms with Crippen molar-refractivity contribution < 1.29 is 8.78 Å². The van der Waals surface area contributed by atoms with Gasteiger partial charge in [0.15, 0.2) is 0 Å². The number of piperidine rings is 1. The SMILES string of the molecule is Cl.FC(F)c1ccc(C2CCNCC2)cc1. The van der Waals surface area contributed by atoms with Gasteiger partial charge in [0.1, 0.15) is 0 Å². The number of benzene rings is 1. The molecule has 0 spiro atoms. The fourth-order valence-electron chi connectivity index (χ4n) is 2.07. The summed E-state index contributed by atoms with van der Waals surface area (Å²) in [6.07, 6.45) is -0.144. The third-order valence-electron chi connectivity index (χ3n) is 3.00. The Labute approximate surface area is 101 Å². The van der Waals surface area contributed by atoms with E-state index in [1.807, 2.05) is 12.1 Å². The van der Waals surface area contributed by atoms with Crippen LogP contribution in [0.25, 0.3) is 0 Å². The summed E-state index contributed by atoms with van der Waals surface area (Å²) in [5, 5.41) is 3.29. The summed E-state index contributed by atoms with van der Waals surface area (Å²) in [5.41, 5.74) is 1.31. The van der Waals surface area contributed by atoms with E-state index < -0.39 is 6.43 Å². The third-order valence-corrected chi connectivity index (χ3v) is 3.00. The summed E-state index contributed by atoms with van der Waals surface area (Å²) in [7, 11) is 0. The van der Waals surface area contributed by atoms with E-state index >= 15 is 0 Å². The van der Waals surface area contributed by atoms with Crippen molar-refractivity contribution in [2.45, 2.75) is 25.2 Å². The van der Waals surface area contributed by atoms with Gasteiger partial charge >= 0.3 is 0 Å². The lowest BCUT2D eigenvalue weighted by molar-refractivity contribution is 0.151. The maximum atomic E-state index is 12.3. The summed E-state index contributed by atoms with van der Waals surface area (Å²) in [6, 6.07) is 6.78. The minimum absolute atomic E-state index is 0. The second kappa shape index (κ2) is 6.16. The first kappa shape index (κ1) is 13.4. The third kappa shape index (κ3) is 3.16. The van der Waals surface area contributed by atoms with Crippen molar-refractivity contribution in [3.63, 3.8) is 0 Å². The van der Waals surface area contributed by atoms with Gasteiger partial charge in [-0.05, 0) is 37.4 Å². The largest absolute Gasteiger partial charge is 0.317 e. The molecule has 1 aromatic carbocycles. The highest BCUT2D eigenvalue weighted by Gasteiger charge is 2.15. The van der Waals surface area contributed by atoms with Crippen LogP contribution in [0.4, 0.5) is 8.78 Å². The molecule has 90 valence electrons. The Balaban J connectivity index is 0.00000128. The summed E-state index contributed by atoms with van der Waals surface area (Å²) in [6.45, 7) is 2.06. The van der Waals surface area contributed by atoms with Gasteiger partial charge in [0, 0.05) is 5.56 Å². The van der Waals surface area contributed by atoms with Crippen molar-refractivity contribution in [1.82, 2.24) is 5.32 Å². The van der Waals surface area contributed by atoms with Crippen LogP contribution < -0.4 is 5.32 Å². The van der Waals surface area contributed by atoms with Crippen LogP contribution in [-0.4, -0.2) is 13.1 Å². The quantitative estimate of drug-likeness (QED) is 0.843. The molecular weight excluding hydrogens is 232 g/mol. The smallest absolute Gasteiger partial charge is 0.263 e. The van der Waals surface area contributed by atoms with Gasteiger partial charge in [-0.1, -0.05) is 24.3 Å². The van der Waals surface area contributed by atoms with Gasteiger partial charge in [-0.3, -0.25) is 0 Å². The van der Waals surface area contributed by atoms with E-state index in [1.165, 1.54) is 5.56 Å². The van der Waals surface area contributed by atoms with Gasteiger partial charge in [0.25, 0.3) is 6.43 Å². The molecule has 1 aliphatic heterocycles. The van der Waals surface area contributed by atoms with E-state index in [4.69, 9.17) is 0 Å². The van der Waals surface area contributed by atoms with Crippen LogP contribution in [0.1, 0.15) is 36.3 Å². The zero-order valence-corrected chi connectivity index (χ0v) is 9.77. The summed E-state index contributed by atoms with van der Waals surface area (Å²) in [4.78, 5) is 0. The predicted octanol–water partition coefficient (Wildman–Crippen LogP) is 3.51. The van der Waals surface area contributed by atoms with E-state index in [0.29, 0.717) is 5.92 Å². The molecule has 0 aliphatic carbocycles. The van der Waals surface area contributed by atoms with Crippen molar-refractivity contribution in [3.05, 3.63) is 35.4 Å². The molecular formula is C12H16ClF2N. The van der Waals surface area contributed by atoms with Crippen LogP contribution in [0, 0.1) is 0 Å². The Hall–Kier alpha value is -0.670. The molecule has 0 atom stereocenters. The first-order valence-electron chi connectivity index (χ1n) is 5.36. The van der Waals surface area contributed by atoms with Crippen LogP contribution >= 0.6 is 12.4 Å². The molecule has 1 fully saturated rings. The lowest BCUT2D eigenvalue weighted by atomic mass is 9.90. The van der Waals surface area contributed by atoms with Crippen molar-refractivity contribution in [2.75, 3.05) is 13.1 Å². The van der Waals surface area contributed by atoms with Gasteiger partial charge in [-0.15, -0.1) is 12.4 Å². The van der Waals surface area contributed by atoms with E-state index in [1.54, 1.807) is 12.1 Å². The Morgan fingerprint density at radius 2 is 1.62 bits per heavy atom. The number of nitrogens with one attached hydrogen (secondary N) is 1. The number of alkyl halides is 2. The molecule has 1 N–H and O–H groups in total. The molecule has 2 rings (SSSR count). The fourth-order valence-corrected chi connectivity index (χ4v) is 2.07. The Morgan fingerprint density at radius 3 is 2.12 bits per heavy atom. The number of hydrogen-bond acceptors (Lipinski definition) is 1. The van der Waals surface area contributed by atoms with Crippen LogP contribution in [0.5, 0.6) is 0 Å². The predicted molar refractivity (Wildman–Crippen MR) is 63.5 cm³/mol. The van der Waals surface area contributed by atoms with Crippen LogP contribution in [-0.2, 0) is 0 Å². The first-order chi connectivity index (χ1) is 7.27. The molecule has 0 amide bonds. The van der Waals surface area contributed by atoms with E-state index in [0.717, 1.165) is 25.9 Å². The topological polar surface area (TPSA) is 12.0 Å². The molecule has 0 bridgehead atoms. The minimum atomic E-state index is -2.35. The zero-order valence-electron chi connectivity index (χ0n) is 8.96. The van der Waals surface area contributed by atoms with Gasteiger partial charge in [0.2, 0.25) is 0 Å². The first-order valence-corrected chi connectivity index (χ1v) is 5.36. The molecule has 1 aromatic rings. The van der Waals surface area contributed by atoms with E-state index in [-0.39, 0.29) is 18.0 Å². The fraction of sp³-hybridized carbons (Fsp3) is 0.500. The molecule has 1 heterocycles. The Morgan fingerprint density at radius 1 is 1.06 bits per heavy atom. The standard InChI is InChI=1S/C12H15F2N.ClH/c13-12(14)11-3-1-9(2-4-11)10-5-7-15-8-6-10;/h1-4,10,12,15H,5-8H2;1H. The van der Waals surface area contributed by atoms with Crippen LogP contribution in [0.2, 0.25) is 0 Å². The maximum Gasteiger partial charge on any atom is 0.263 e. The Bertz CT molecular complexity index is 307. The van der Waals surface area contributed by atoms with Crippen molar-refractivity contribution in [3.8, 4) is 0 Å². The van der Waals surface area contributed by atoms with Crippen molar-refractivity contribution >= 4 is 12.4 Å². The van der Waals surface area contributed by atoms with E-state index in [9.17, 15) is 8.78 Å². The monoisotopic (exact) mass is 247 g/mol. The number of halogens is 3. The molecule has 0 unspecified atom stereocenters. The molecule has 16 heavy (non-hydrogen) atoms. The van der Waals surface area contributed by atoms with Crippen molar-refractivity contribution in [1.29, 1.82) is 0 Å². The number of rotatable bonds is 2. The molecule has 4 heteroatoms. The lowest BCUT2D eigenvalue weighted by Gasteiger charge is -2.23. The summed E-state index contributed by atoms with van der Waals surface area (Å²) < 4.78 is 24.7. The van der Waals surface area contributed by atoms with E-state index in [2.05, 4.69) is 5.32 Å². The normalized spacial score (nSPS) is 17.2. The second-order valence-electron chi connectivity index (χ2n) is 3.99. The minimum Gasteiger partial charge on any atom is -0.317 e. The van der Waals surface area contributed by atoms with Gasteiger partial charge < -0.3 is 5.32 Å². The lowest BCUT2D eigenvalue weighted by Crippen LogP contribution is -2.26. The molecule has 1 nitrogen and oxygen atoms in total.